The number of hydrogen-bond acceptors (Lipinski definition) is 5. The van der Waals surface area contributed by atoms with Crippen molar-refractivity contribution in [1.82, 2.24) is 0 Å². The molecule has 3 aromatic carbocycles. The summed E-state index contributed by atoms with van der Waals surface area (Å²) in [6, 6.07) is 28.0. The van der Waals surface area contributed by atoms with E-state index in [2.05, 4.69) is 12.1 Å². The van der Waals surface area contributed by atoms with Crippen molar-refractivity contribution in [2.75, 3.05) is 0 Å². The third-order valence-electron chi connectivity index (χ3n) is 8.49. The van der Waals surface area contributed by atoms with Gasteiger partial charge < -0.3 is 9.47 Å². The van der Waals surface area contributed by atoms with E-state index >= 15 is 0 Å². The number of rotatable bonds is 7. The van der Waals surface area contributed by atoms with Crippen molar-refractivity contribution in [2.45, 2.75) is 70.0 Å². The van der Waals surface area contributed by atoms with Gasteiger partial charge in [0.25, 0.3) is 0 Å². The highest BCUT2D eigenvalue weighted by Crippen LogP contribution is 2.47. The fourth-order valence-electron chi connectivity index (χ4n) is 6.44. The Hall–Kier alpha value is -3.99. The first kappa shape index (κ1) is 26.2. The first-order chi connectivity index (χ1) is 19.6. The van der Waals surface area contributed by atoms with Gasteiger partial charge in [-0.2, -0.15) is 0 Å². The molecule has 1 aliphatic heterocycles. The molecule has 0 amide bonds. The van der Waals surface area contributed by atoms with E-state index in [0.717, 1.165) is 59.5 Å². The van der Waals surface area contributed by atoms with Crippen LogP contribution in [0, 0.1) is 5.92 Å². The monoisotopic (exact) mass is 533 g/mol. The van der Waals surface area contributed by atoms with Crippen LogP contribution >= 0.6 is 0 Å². The second-order valence-corrected chi connectivity index (χ2v) is 11.2. The number of aliphatic imine (C=N–C) groups is 1. The Labute approximate surface area is 235 Å². The molecule has 0 N–H and O–H groups in total. The van der Waals surface area contributed by atoms with Crippen molar-refractivity contribution < 1.29 is 19.1 Å². The molecule has 3 aliphatic rings. The molecule has 0 spiro atoms. The summed E-state index contributed by atoms with van der Waals surface area (Å²) in [6.45, 7) is 2.38. The molecule has 6 rings (SSSR count). The molecule has 204 valence electrons. The molecular formula is C35H35NO4. The normalized spacial score (nSPS) is 23.0. The van der Waals surface area contributed by atoms with Crippen molar-refractivity contribution in [3.63, 3.8) is 0 Å². The first-order valence-corrected chi connectivity index (χ1v) is 14.4. The highest BCUT2D eigenvalue weighted by atomic mass is 16.5. The Morgan fingerprint density at radius 1 is 0.850 bits per heavy atom. The smallest absolute Gasteiger partial charge is 0.315 e. The summed E-state index contributed by atoms with van der Waals surface area (Å²) in [5.41, 5.74) is 5.35. The van der Waals surface area contributed by atoms with E-state index < -0.39 is 11.8 Å². The molecule has 1 heterocycles. The lowest BCUT2D eigenvalue weighted by atomic mass is 9.69. The number of allylic oxidation sites excluding steroid dienone is 2. The maximum atomic E-state index is 13.8. The molecular weight excluding hydrogens is 498 g/mol. The molecule has 1 fully saturated rings. The van der Waals surface area contributed by atoms with Gasteiger partial charge in [-0.3, -0.25) is 14.6 Å². The van der Waals surface area contributed by atoms with Crippen LogP contribution in [0.3, 0.4) is 0 Å². The maximum absolute atomic E-state index is 13.8. The summed E-state index contributed by atoms with van der Waals surface area (Å²) < 4.78 is 12.0. The van der Waals surface area contributed by atoms with Crippen molar-refractivity contribution >= 4 is 17.5 Å². The number of benzene rings is 3. The van der Waals surface area contributed by atoms with Crippen LogP contribution < -0.4 is 4.74 Å². The van der Waals surface area contributed by atoms with Gasteiger partial charge in [-0.15, -0.1) is 0 Å². The molecule has 5 heteroatoms. The van der Waals surface area contributed by atoms with E-state index in [-0.39, 0.29) is 23.8 Å². The summed E-state index contributed by atoms with van der Waals surface area (Å²) in [5.74, 6) is -0.416. The fourth-order valence-corrected chi connectivity index (χ4v) is 6.44. The molecule has 0 bridgehead atoms. The van der Waals surface area contributed by atoms with Gasteiger partial charge in [0.15, 0.2) is 5.78 Å². The summed E-state index contributed by atoms with van der Waals surface area (Å²) in [6.07, 6.45) is 5.01. The standard InChI is InChI=1S/C35H35NO4/c1-23-32(35(38)40-29-14-8-9-15-29)33(26-16-18-28(19-17-26)39-22-24-10-4-2-5-11-24)34-30(36-23)20-27(21-31(34)37)25-12-6-3-7-13-25/h2-7,10-13,16-19,27,29,32-33H,8-9,14-15,20-22H2,1H3/t27-,32?,33-/m1/s1. The van der Waals surface area contributed by atoms with Crippen LogP contribution in [0.4, 0.5) is 0 Å². The third-order valence-corrected chi connectivity index (χ3v) is 8.49. The molecule has 0 aromatic heterocycles. The van der Waals surface area contributed by atoms with Gasteiger partial charge in [0, 0.05) is 29.3 Å². The minimum absolute atomic E-state index is 0.0467. The minimum Gasteiger partial charge on any atom is -0.489 e. The molecule has 1 unspecified atom stereocenters. The number of esters is 1. The largest absolute Gasteiger partial charge is 0.489 e. The van der Waals surface area contributed by atoms with E-state index in [9.17, 15) is 9.59 Å². The Kier molecular flexibility index (Phi) is 7.63. The van der Waals surface area contributed by atoms with Crippen LogP contribution in [0.2, 0.25) is 0 Å². The number of nitrogens with zero attached hydrogens (tertiary/aromatic N) is 1. The predicted molar refractivity (Wildman–Crippen MR) is 155 cm³/mol. The Morgan fingerprint density at radius 2 is 1.52 bits per heavy atom. The third kappa shape index (κ3) is 5.51. The molecule has 3 atom stereocenters. The van der Waals surface area contributed by atoms with E-state index in [1.165, 1.54) is 0 Å². The van der Waals surface area contributed by atoms with Crippen LogP contribution in [0.1, 0.15) is 74.0 Å². The number of carbonyl (C=O) groups is 2. The predicted octanol–water partition coefficient (Wildman–Crippen LogP) is 7.33. The molecule has 2 aliphatic carbocycles. The van der Waals surface area contributed by atoms with Crippen LogP contribution in [-0.2, 0) is 20.9 Å². The second kappa shape index (κ2) is 11.6. The lowest BCUT2D eigenvalue weighted by molar-refractivity contribution is -0.151. The fraction of sp³-hybridized carbons (Fsp3) is 0.343. The van der Waals surface area contributed by atoms with Crippen LogP contribution in [0.15, 0.2) is 101 Å². The lowest BCUT2D eigenvalue weighted by Gasteiger charge is -2.37. The summed E-state index contributed by atoms with van der Waals surface area (Å²) >= 11 is 0. The van der Waals surface area contributed by atoms with Gasteiger partial charge in [0.2, 0.25) is 0 Å². The van der Waals surface area contributed by atoms with Crippen LogP contribution in [-0.4, -0.2) is 23.6 Å². The van der Waals surface area contributed by atoms with E-state index in [1.54, 1.807) is 0 Å². The topological polar surface area (TPSA) is 65.0 Å². The highest BCUT2D eigenvalue weighted by molar-refractivity contribution is 6.09. The molecule has 0 saturated heterocycles. The van der Waals surface area contributed by atoms with Crippen LogP contribution in [0.5, 0.6) is 5.75 Å². The molecule has 0 radical (unpaired) electrons. The van der Waals surface area contributed by atoms with Gasteiger partial charge in [-0.1, -0.05) is 72.8 Å². The van der Waals surface area contributed by atoms with E-state index in [4.69, 9.17) is 14.5 Å². The summed E-state index contributed by atoms with van der Waals surface area (Å²) in [4.78, 5) is 32.4. The van der Waals surface area contributed by atoms with Gasteiger partial charge in [-0.25, -0.2) is 0 Å². The van der Waals surface area contributed by atoms with Crippen molar-refractivity contribution in [3.05, 3.63) is 113 Å². The van der Waals surface area contributed by atoms with Gasteiger partial charge in [0.05, 0.1) is 0 Å². The number of Topliss-reactive ketones (excluding diaryl/α,β-unsaturated/α-hetero) is 1. The zero-order valence-corrected chi connectivity index (χ0v) is 22.9. The minimum atomic E-state index is -0.618. The second-order valence-electron chi connectivity index (χ2n) is 11.2. The van der Waals surface area contributed by atoms with Crippen molar-refractivity contribution in [3.8, 4) is 5.75 Å². The Morgan fingerprint density at radius 3 is 2.23 bits per heavy atom. The zero-order chi connectivity index (χ0) is 27.5. The molecule has 1 saturated carbocycles. The quantitative estimate of drug-likeness (QED) is 0.298. The molecule has 3 aromatic rings. The maximum Gasteiger partial charge on any atom is 0.315 e. The van der Waals surface area contributed by atoms with Gasteiger partial charge in [-0.05, 0) is 73.8 Å². The number of carbonyl (C=O) groups excluding carboxylic acids is 2. The van der Waals surface area contributed by atoms with E-state index in [1.807, 2.05) is 79.7 Å². The first-order valence-electron chi connectivity index (χ1n) is 14.4. The molecule has 5 nitrogen and oxygen atoms in total. The zero-order valence-electron chi connectivity index (χ0n) is 22.9. The highest BCUT2D eigenvalue weighted by Gasteiger charge is 2.45. The van der Waals surface area contributed by atoms with Gasteiger partial charge >= 0.3 is 5.97 Å². The lowest BCUT2D eigenvalue weighted by Crippen LogP contribution is -2.39. The Bertz CT molecular complexity index is 1420. The number of ether oxygens (including phenoxy) is 2. The summed E-state index contributed by atoms with van der Waals surface area (Å²) in [5, 5.41) is 0. The number of ketones is 1. The van der Waals surface area contributed by atoms with E-state index in [0.29, 0.717) is 25.0 Å². The SMILES string of the molecule is CC1=NC2=C(C(=O)C[C@H](c3ccccc3)C2)[C@H](c2ccc(OCc3ccccc3)cc2)C1C(=O)OC1CCCC1. The average molecular weight is 534 g/mol. The summed E-state index contributed by atoms with van der Waals surface area (Å²) in [7, 11) is 0. The number of hydrogen-bond donors (Lipinski definition) is 0. The van der Waals surface area contributed by atoms with Gasteiger partial charge in [0.1, 0.15) is 24.4 Å². The average Bonchev–Trinajstić information content (AvgIpc) is 3.49. The molecule has 40 heavy (non-hydrogen) atoms. The van der Waals surface area contributed by atoms with Crippen LogP contribution in [0.25, 0.3) is 0 Å². The van der Waals surface area contributed by atoms with Crippen molar-refractivity contribution in [1.29, 1.82) is 0 Å². The van der Waals surface area contributed by atoms with Crippen molar-refractivity contribution in [2.24, 2.45) is 10.9 Å². The Balaban J connectivity index is 1.31.